The molecule has 0 saturated carbocycles. The van der Waals surface area contributed by atoms with E-state index in [2.05, 4.69) is 5.32 Å². The van der Waals surface area contributed by atoms with E-state index < -0.39 is 40.6 Å². The Morgan fingerprint density at radius 2 is 2.00 bits per heavy atom. The number of nitrogens with one attached hydrogen (secondary N) is 1. The van der Waals surface area contributed by atoms with Gasteiger partial charge in [-0.2, -0.15) is 0 Å². The molecule has 130 valence electrons. The second kappa shape index (κ2) is 7.91. The Morgan fingerprint density at radius 1 is 1.39 bits per heavy atom. The molecule has 1 aromatic rings. The molecule has 1 fully saturated rings. The lowest BCUT2D eigenvalue weighted by molar-refractivity contribution is -0.386. The van der Waals surface area contributed by atoms with E-state index in [0.717, 1.165) is 18.2 Å². The smallest absolute Gasteiger partial charge is 0.290 e. The largest absolute Gasteiger partial charge is 0.390 e. The number of nitrogens with zero attached hydrogens (tertiary/aromatic N) is 2. The third kappa shape index (κ3) is 4.31. The molecule has 2 rings (SSSR count). The van der Waals surface area contributed by atoms with Gasteiger partial charge in [0.1, 0.15) is 18.5 Å². The van der Waals surface area contributed by atoms with Crippen LogP contribution in [0.1, 0.15) is 11.6 Å². The van der Waals surface area contributed by atoms with Gasteiger partial charge in [-0.25, -0.2) is 13.2 Å². The van der Waals surface area contributed by atoms with Gasteiger partial charge in [0.05, 0.1) is 10.5 Å². The fraction of sp³-hybridized carbons (Fsp3) is 0.538. The van der Waals surface area contributed by atoms with Crippen LogP contribution >= 0.6 is 12.4 Å². The van der Waals surface area contributed by atoms with Gasteiger partial charge in [0, 0.05) is 32.2 Å². The molecule has 1 atom stereocenters. The van der Waals surface area contributed by atoms with Gasteiger partial charge in [-0.15, -0.1) is 12.4 Å². The molecule has 1 aromatic carbocycles. The molecule has 0 aromatic heterocycles. The van der Waals surface area contributed by atoms with Crippen molar-refractivity contribution in [1.29, 1.82) is 0 Å². The highest BCUT2D eigenvalue weighted by molar-refractivity contribution is 5.85. The van der Waals surface area contributed by atoms with E-state index in [0.29, 0.717) is 13.1 Å². The van der Waals surface area contributed by atoms with Crippen molar-refractivity contribution in [2.24, 2.45) is 0 Å². The number of rotatable bonds is 5. The fourth-order valence-electron chi connectivity index (χ4n) is 2.63. The highest BCUT2D eigenvalue weighted by Gasteiger charge is 2.46. The van der Waals surface area contributed by atoms with E-state index in [1.165, 1.54) is 4.90 Å². The highest BCUT2D eigenvalue weighted by Crippen LogP contribution is 2.40. The average Bonchev–Trinajstić information content (AvgIpc) is 2.48. The molecule has 23 heavy (non-hydrogen) atoms. The molecular weight excluding hydrogens is 339 g/mol. The number of halogens is 4. The molecule has 0 radical (unpaired) electrons. The van der Waals surface area contributed by atoms with Gasteiger partial charge in [-0.05, 0) is 12.1 Å². The molecule has 2 N–H and O–H groups in total. The minimum atomic E-state index is -3.63. The summed E-state index contributed by atoms with van der Waals surface area (Å²) in [5.41, 5.74) is -1.01. The Labute approximate surface area is 136 Å². The summed E-state index contributed by atoms with van der Waals surface area (Å²) in [6.45, 7) is -0.181. The van der Waals surface area contributed by atoms with Crippen molar-refractivity contribution in [1.82, 2.24) is 10.2 Å². The summed E-state index contributed by atoms with van der Waals surface area (Å²) in [4.78, 5) is 11.6. The van der Waals surface area contributed by atoms with Crippen LogP contribution in [-0.4, -0.2) is 53.6 Å². The first-order valence-electron chi connectivity index (χ1n) is 6.74. The number of hydrogen-bond acceptors (Lipinski definition) is 5. The molecule has 0 bridgehead atoms. The number of hydrogen-bond donors (Lipinski definition) is 2. The predicted molar refractivity (Wildman–Crippen MR) is 79.5 cm³/mol. The summed E-state index contributed by atoms with van der Waals surface area (Å²) in [5.74, 6) is -4.47. The van der Waals surface area contributed by atoms with Crippen LogP contribution in [0.4, 0.5) is 18.9 Å². The molecule has 0 aliphatic carbocycles. The van der Waals surface area contributed by atoms with Gasteiger partial charge in [0.2, 0.25) is 0 Å². The van der Waals surface area contributed by atoms with Crippen LogP contribution in [0.2, 0.25) is 0 Å². The van der Waals surface area contributed by atoms with Crippen molar-refractivity contribution in [3.63, 3.8) is 0 Å². The van der Waals surface area contributed by atoms with Gasteiger partial charge in [-0.1, -0.05) is 0 Å². The van der Waals surface area contributed by atoms with Crippen molar-refractivity contribution in [3.05, 3.63) is 39.7 Å². The van der Waals surface area contributed by atoms with Crippen molar-refractivity contribution < 1.29 is 23.2 Å². The minimum Gasteiger partial charge on any atom is -0.390 e. The van der Waals surface area contributed by atoms with Crippen LogP contribution in [-0.2, 0) is 0 Å². The third-order valence-corrected chi connectivity index (χ3v) is 3.61. The molecule has 1 saturated heterocycles. The molecule has 1 heterocycles. The zero-order valence-corrected chi connectivity index (χ0v) is 12.9. The lowest BCUT2D eigenvalue weighted by atomic mass is 9.96. The average molecular weight is 356 g/mol. The molecule has 1 aliphatic rings. The fourth-order valence-corrected chi connectivity index (χ4v) is 2.63. The summed E-state index contributed by atoms with van der Waals surface area (Å²) >= 11 is 0. The first kappa shape index (κ1) is 19.6. The zero-order valence-electron chi connectivity index (χ0n) is 12.0. The molecule has 1 aliphatic heterocycles. The maximum Gasteiger partial charge on any atom is 0.290 e. The SMILES string of the molecule is Cl.O=[N+]([O-])c1ccc(F)cc1[C@@H](N1CCNCC1)C(F)(F)CO. The number of nitro benzene ring substituents is 1. The lowest BCUT2D eigenvalue weighted by Crippen LogP contribution is -2.51. The Balaban J connectivity index is 0.00000264. The van der Waals surface area contributed by atoms with Crippen LogP contribution in [0.25, 0.3) is 0 Å². The highest BCUT2D eigenvalue weighted by atomic mass is 35.5. The van der Waals surface area contributed by atoms with Gasteiger partial charge in [0.15, 0.2) is 0 Å². The number of aliphatic hydroxyl groups is 1. The van der Waals surface area contributed by atoms with Crippen LogP contribution in [0.15, 0.2) is 18.2 Å². The van der Waals surface area contributed by atoms with Crippen molar-refractivity contribution in [2.45, 2.75) is 12.0 Å². The Morgan fingerprint density at radius 3 is 2.52 bits per heavy atom. The molecule has 10 heteroatoms. The molecule has 6 nitrogen and oxygen atoms in total. The van der Waals surface area contributed by atoms with Crippen LogP contribution in [0.5, 0.6) is 0 Å². The molecular formula is C13H17ClF3N3O3. The number of piperazine rings is 1. The van der Waals surface area contributed by atoms with Gasteiger partial charge < -0.3 is 10.4 Å². The van der Waals surface area contributed by atoms with E-state index >= 15 is 0 Å². The second-order valence-corrected chi connectivity index (χ2v) is 5.07. The third-order valence-electron chi connectivity index (χ3n) is 3.61. The maximum absolute atomic E-state index is 14.2. The van der Waals surface area contributed by atoms with E-state index in [1.807, 2.05) is 0 Å². The van der Waals surface area contributed by atoms with Gasteiger partial charge >= 0.3 is 0 Å². The topological polar surface area (TPSA) is 78.6 Å². The standard InChI is InChI=1S/C13H16F3N3O3.ClH/c14-9-1-2-11(19(21)22)10(7-9)12(13(15,16)8-20)18-5-3-17-4-6-18;/h1-2,7,12,17,20H,3-6,8H2;1H/t12-;/m1./s1. The van der Waals surface area contributed by atoms with Crippen molar-refractivity contribution in [2.75, 3.05) is 32.8 Å². The van der Waals surface area contributed by atoms with Crippen molar-refractivity contribution >= 4 is 18.1 Å². The Hall–Kier alpha value is -1.42. The van der Waals surface area contributed by atoms with E-state index in [9.17, 15) is 23.3 Å². The monoisotopic (exact) mass is 355 g/mol. The molecule has 0 spiro atoms. The minimum absolute atomic E-state index is 0. The van der Waals surface area contributed by atoms with Crippen LogP contribution in [0.3, 0.4) is 0 Å². The Kier molecular flexibility index (Phi) is 6.75. The summed E-state index contributed by atoms with van der Waals surface area (Å²) < 4.78 is 41.9. The normalized spacial score (nSPS) is 17.4. The molecule has 0 unspecified atom stereocenters. The summed E-state index contributed by atoms with van der Waals surface area (Å²) in [7, 11) is 0. The summed E-state index contributed by atoms with van der Waals surface area (Å²) in [5, 5.41) is 23.1. The van der Waals surface area contributed by atoms with Crippen LogP contribution < -0.4 is 5.32 Å². The second-order valence-electron chi connectivity index (χ2n) is 5.07. The summed E-state index contributed by atoms with van der Waals surface area (Å²) in [6, 6.07) is 0.714. The molecule has 0 amide bonds. The maximum atomic E-state index is 14.2. The number of aliphatic hydroxyl groups excluding tert-OH is 1. The first-order valence-corrected chi connectivity index (χ1v) is 6.74. The number of nitro groups is 1. The quantitative estimate of drug-likeness (QED) is 0.621. The zero-order chi connectivity index (χ0) is 16.3. The van der Waals surface area contributed by atoms with Gasteiger partial charge in [0.25, 0.3) is 11.6 Å². The number of alkyl halides is 2. The summed E-state index contributed by atoms with van der Waals surface area (Å²) in [6.07, 6.45) is 0. The van der Waals surface area contributed by atoms with E-state index in [4.69, 9.17) is 5.11 Å². The van der Waals surface area contributed by atoms with E-state index in [1.54, 1.807) is 0 Å². The lowest BCUT2D eigenvalue weighted by Gasteiger charge is -2.38. The predicted octanol–water partition coefficient (Wildman–Crippen LogP) is 1.73. The first-order chi connectivity index (χ1) is 10.4. The van der Waals surface area contributed by atoms with Crippen molar-refractivity contribution in [3.8, 4) is 0 Å². The Bertz CT molecular complexity index is 557. The van der Waals surface area contributed by atoms with Gasteiger partial charge in [-0.3, -0.25) is 15.0 Å². The van der Waals surface area contributed by atoms with Crippen LogP contribution in [0, 0.1) is 15.9 Å². The number of benzene rings is 1. The van der Waals surface area contributed by atoms with E-state index in [-0.39, 0.29) is 25.5 Å².